The maximum Gasteiger partial charge on any atom is 4.00 e. The molecule has 0 heterocycles. The average molecular weight is 470 g/mol. The molecule has 0 aliphatic carbocycles. The van der Waals surface area contributed by atoms with Crippen LogP contribution in [0.4, 0.5) is 0 Å². The molecule has 0 fully saturated rings. The van der Waals surface area contributed by atoms with Gasteiger partial charge in [-0.15, -0.1) is 22.7 Å². The van der Waals surface area contributed by atoms with Crippen molar-refractivity contribution in [1.82, 2.24) is 0 Å². The van der Waals surface area contributed by atoms with Crippen LogP contribution in [0.3, 0.4) is 0 Å². The van der Waals surface area contributed by atoms with Crippen LogP contribution in [0.25, 0.3) is 0 Å². The zero-order valence-electron chi connectivity index (χ0n) is 5.77. The van der Waals surface area contributed by atoms with Gasteiger partial charge in [0.2, 0.25) is 0 Å². The normalized spacial score (nSPS) is 5.38. The van der Waals surface area contributed by atoms with E-state index in [9.17, 15) is 0 Å². The van der Waals surface area contributed by atoms with Crippen LogP contribution >= 0.6 is 0 Å². The third-order valence-electron chi connectivity index (χ3n) is 0. The smallest absolute Gasteiger partial charge is 0.784 e. The number of hydrogen-bond acceptors (Lipinski definition) is 6. The third-order valence-corrected chi connectivity index (χ3v) is 0. The van der Waals surface area contributed by atoms with E-state index >= 15 is 0 Å². The Hall–Kier alpha value is 1.03. The zero-order chi connectivity index (χ0) is 7.15. The molecule has 0 aromatic carbocycles. The van der Waals surface area contributed by atoms with Gasteiger partial charge >= 0.3 is 31.1 Å². The summed E-state index contributed by atoms with van der Waals surface area (Å²) in [7, 11) is 0. The molecule has 0 rings (SSSR count). The fourth-order valence-corrected chi connectivity index (χ4v) is 0. The van der Waals surface area contributed by atoms with Crippen LogP contribution in [0.1, 0.15) is 0 Å². The molecular weight excluding hydrogens is 462 g/mol. The summed E-state index contributed by atoms with van der Waals surface area (Å²) in [6.07, 6.45) is 0. The summed E-state index contributed by atoms with van der Waals surface area (Å²) >= 11 is -6.22. The van der Waals surface area contributed by atoms with E-state index in [0.29, 0.717) is 0 Å². The minimum Gasteiger partial charge on any atom is -0.784 e. The SMILES string of the molecule is O.O.O.O.O=S([O-])[O-].O=S([O-])[O-].[U+4]. The van der Waals surface area contributed by atoms with Crippen molar-refractivity contribution in [3.8, 4) is 0 Å². The van der Waals surface area contributed by atoms with Gasteiger partial charge in [0, 0.05) is 0 Å². The molecular formula is H8O10S2U. The maximum atomic E-state index is 8.44. The van der Waals surface area contributed by atoms with Crippen molar-refractivity contribution in [2.24, 2.45) is 0 Å². The molecule has 0 radical (unpaired) electrons. The molecule has 0 saturated carbocycles. The molecule has 0 aromatic rings. The van der Waals surface area contributed by atoms with E-state index in [-0.39, 0.29) is 53.0 Å². The van der Waals surface area contributed by atoms with Gasteiger partial charge in [0.1, 0.15) is 0 Å². The Morgan fingerprint density at radius 1 is 0.615 bits per heavy atom. The topological polar surface area (TPSA) is 252 Å². The van der Waals surface area contributed by atoms with Gasteiger partial charge in [-0.25, -0.2) is 0 Å². The van der Waals surface area contributed by atoms with Crippen molar-refractivity contribution >= 4 is 22.7 Å². The second-order valence-corrected chi connectivity index (χ2v) is 1.22. The summed E-state index contributed by atoms with van der Waals surface area (Å²) in [5.41, 5.74) is 0. The maximum absolute atomic E-state index is 8.44. The molecule has 0 spiro atoms. The second kappa shape index (κ2) is 38.2. The monoisotopic (exact) mass is 470 g/mol. The van der Waals surface area contributed by atoms with Gasteiger partial charge < -0.3 is 40.1 Å². The fourth-order valence-electron chi connectivity index (χ4n) is 0. The van der Waals surface area contributed by atoms with Gasteiger partial charge in [-0.3, -0.25) is 8.42 Å². The summed E-state index contributed by atoms with van der Waals surface area (Å²) in [6.45, 7) is 0. The summed E-state index contributed by atoms with van der Waals surface area (Å²) in [4.78, 5) is 0. The van der Waals surface area contributed by atoms with E-state index in [4.69, 9.17) is 26.6 Å². The van der Waals surface area contributed by atoms with Crippen LogP contribution in [0.15, 0.2) is 0 Å². The quantitative estimate of drug-likeness (QED) is 0.312. The Bertz CT molecular complexity index is 70.9. The zero-order valence-corrected chi connectivity index (χ0v) is 11.6. The van der Waals surface area contributed by atoms with Crippen LogP contribution in [-0.2, 0) is 22.7 Å². The number of hydrogen-bond donors (Lipinski definition) is 0. The van der Waals surface area contributed by atoms with Crippen molar-refractivity contribution in [3.63, 3.8) is 0 Å². The van der Waals surface area contributed by atoms with Crippen molar-refractivity contribution in [3.05, 3.63) is 0 Å². The number of rotatable bonds is 0. The predicted molar refractivity (Wildman–Crippen MR) is 33.8 cm³/mol. The Labute approximate surface area is 102 Å². The van der Waals surface area contributed by atoms with Gasteiger partial charge in [-0.2, -0.15) is 0 Å². The summed E-state index contributed by atoms with van der Waals surface area (Å²) < 4.78 is 50.7. The van der Waals surface area contributed by atoms with E-state index in [1.165, 1.54) is 0 Å². The first kappa shape index (κ1) is 48.2. The molecule has 0 aromatic heterocycles. The first-order valence-electron chi connectivity index (χ1n) is 1.00. The molecule has 84 valence electrons. The molecule has 10 nitrogen and oxygen atoms in total. The van der Waals surface area contributed by atoms with Crippen LogP contribution < -0.4 is 0 Å². The first-order valence-corrected chi connectivity index (χ1v) is 3.00. The molecule has 0 amide bonds. The van der Waals surface area contributed by atoms with Gasteiger partial charge in [-0.1, -0.05) is 0 Å². The minimum absolute atomic E-state index is 0. The van der Waals surface area contributed by atoms with Crippen LogP contribution in [-0.4, -0.2) is 48.5 Å². The second-order valence-electron chi connectivity index (χ2n) is 0.408. The summed E-state index contributed by atoms with van der Waals surface area (Å²) in [5.74, 6) is 0. The van der Waals surface area contributed by atoms with E-state index in [0.717, 1.165) is 0 Å². The summed E-state index contributed by atoms with van der Waals surface area (Å²) in [5, 5.41) is 0. The van der Waals surface area contributed by atoms with Crippen molar-refractivity contribution in [1.29, 1.82) is 0 Å². The Morgan fingerprint density at radius 2 is 0.615 bits per heavy atom. The molecule has 0 bridgehead atoms. The third kappa shape index (κ3) is 1490. The Morgan fingerprint density at radius 3 is 0.615 bits per heavy atom. The molecule has 0 saturated heterocycles. The Kier molecular flexibility index (Phi) is 141. The van der Waals surface area contributed by atoms with Crippen LogP contribution in [0.5, 0.6) is 0 Å². The minimum atomic E-state index is -3.11. The molecule has 8 N–H and O–H groups in total. The van der Waals surface area contributed by atoms with Gasteiger partial charge in [0.15, 0.2) is 0 Å². The fraction of sp³-hybridized carbons (Fsp3) is 0. The van der Waals surface area contributed by atoms with Gasteiger partial charge in [0.05, 0.1) is 0 Å². The molecule has 0 aliphatic rings. The van der Waals surface area contributed by atoms with E-state index in [1.54, 1.807) is 0 Å². The molecule has 13 heteroatoms. The first-order chi connectivity index (χ1) is 3.46. The van der Waals surface area contributed by atoms with E-state index in [1.807, 2.05) is 0 Å². The molecule has 0 unspecified atom stereocenters. The largest absolute Gasteiger partial charge is 4.00 e. The van der Waals surface area contributed by atoms with E-state index in [2.05, 4.69) is 0 Å². The van der Waals surface area contributed by atoms with Gasteiger partial charge in [0.25, 0.3) is 0 Å². The Balaban J connectivity index is -0.00000000800. The van der Waals surface area contributed by atoms with E-state index < -0.39 is 22.7 Å². The average Bonchev–Trinajstić information content (AvgIpc) is 1.25. The molecule has 0 aliphatic heterocycles. The van der Waals surface area contributed by atoms with Crippen LogP contribution in [0.2, 0.25) is 0 Å². The standard InChI is InChI=1S/2H2O3S.4H2O.U/c2*1-4(2)3;;;;;/h2*(H2,1,2,3);4*1H2;/q;;;;;;+4/p-4. The van der Waals surface area contributed by atoms with Crippen molar-refractivity contribution < 1.29 is 79.6 Å². The summed E-state index contributed by atoms with van der Waals surface area (Å²) in [6, 6.07) is 0. The van der Waals surface area contributed by atoms with Crippen LogP contribution in [0, 0.1) is 31.1 Å². The van der Waals surface area contributed by atoms with Gasteiger partial charge in [-0.05, 0) is 0 Å². The molecule has 0 atom stereocenters. The van der Waals surface area contributed by atoms with Crippen molar-refractivity contribution in [2.75, 3.05) is 0 Å². The molecule has 13 heavy (non-hydrogen) atoms. The predicted octanol–water partition coefficient (Wildman–Crippen LogP) is -5.31. The van der Waals surface area contributed by atoms with Crippen molar-refractivity contribution in [2.45, 2.75) is 0 Å².